The van der Waals surface area contributed by atoms with Crippen LogP contribution in [0.4, 0.5) is 9.59 Å². The van der Waals surface area contributed by atoms with E-state index in [2.05, 4.69) is 15.4 Å². The number of amides is 2. The van der Waals surface area contributed by atoms with Crippen molar-refractivity contribution in [3.05, 3.63) is 0 Å². The van der Waals surface area contributed by atoms with Gasteiger partial charge in [-0.25, -0.2) is 9.59 Å². The van der Waals surface area contributed by atoms with E-state index in [0.717, 1.165) is 0 Å². The number of hydrogen-bond donors (Lipinski definition) is 4. The Morgan fingerprint density at radius 1 is 0.806 bits per heavy atom. The third kappa shape index (κ3) is 19.5. The van der Waals surface area contributed by atoms with Crippen molar-refractivity contribution < 1.29 is 42.8 Å². The van der Waals surface area contributed by atoms with Crippen LogP contribution in [-0.2, 0) is 33.2 Å². The maximum atomic E-state index is 11.7. The van der Waals surface area contributed by atoms with Crippen molar-refractivity contribution in [1.29, 1.82) is 0 Å². The number of rotatable bonds is 19. The number of ether oxygens (including phenoxy) is 6. The molecular weight excluding hydrogens is 416 g/mol. The Morgan fingerprint density at radius 2 is 1.32 bits per heavy atom. The van der Waals surface area contributed by atoms with Crippen molar-refractivity contribution in [2.45, 2.75) is 18.9 Å². The summed E-state index contributed by atoms with van der Waals surface area (Å²) in [5.74, 6) is -0.361. The third-order valence-electron chi connectivity index (χ3n) is 3.46. The molecule has 0 aliphatic rings. The number of hydrogen-bond acceptors (Lipinski definition) is 11. The summed E-state index contributed by atoms with van der Waals surface area (Å²) in [5.41, 5.74) is 10.6. The lowest BCUT2D eigenvalue weighted by molar-refractivity contribution is -0.141. The summed E-state index contributed by atoms with van der Waals surface area (Å²) in [6.45, 7) is 2.60. The minimum Gasteiger partial charge on any atom is -0.469 e. The molecule has 2 amide bonds. The highest BCUT2D eigenvalue weighted by molar-refractivity contribution is 5.69. The average Bonchev–Trinajstić information content (AvgIpc) is 2.77. The van der Waals surface area contributed by atoms with Gasteiger partial charge in [0.1, 0.15) is 19.3 Å². The molecule has 0 aliphatic carbocycles. The van der Waals surface area contributed by atoms with Gasteiger partial charge in [0.05, 0.1) is 33.5 Å². The molecule has 0 rings (SSSR count). The minimum absolute atomic E-state index is 0.152. The van der Waals surface area contributed by atoms with Crippen LogP contribution in [0.15, 0.2) is 0 Å². The fourth-order valence-electron chi connectivity index (χ4n) is 1.97. The largest absolute Gasteiger partial charge is 0.469 e. The highest BCUT2D eigenvalue weighted by Gasteiger charge is 2.16. The summed E-state index contributed by atoms with van der Waals surface area (Å²) in [5, 5.41) is 5.02. The van der Waals surface area contributed by atoms with Crippen LogP contribution >= 0.6 is 0 Å². The third-order valence-corrected chi connectivity index (χ3v) is 3.46. The average molecular weight is 453 g/mol. The van der Waals surface area contributed by atoms with Crippen LogP contribution in [0.2, 0.25) is 0 Å². The van der Waals surface area contributed by atoms with Crippen LogP contribution in [-0.4, -0.2) is 104 Å². The van der Waals surface area contributed by atoms with Gasteiger partial charge in [-0.1, -0.05) is 0 Å². The molecule has 182 valence electrons. The van der Waals surface area contributed by atoms with Gasteiger partial charge in [0.25, 0.3) is 0 Å². The zero-order valence-electron chi connectivity index (χ0n) is 18.1. The first-order chi connectivity index (χ1) is 15.0. The van der Waals surface area contributed by atoms with Crippen LogP contribution in [0.1, 0.15) is 12.8 Å². The molecule has 0 spiro atoms. The molecule has 6 N–H and O–H groups in total. The molecule has 0 aliphatic heterocycles. The molecule has 13 heteroatoms. The van der Waals surface area contributed by atoms with Gasteiger partial charge >= 0.3 is 18.2 Å². The molecule has 0 aromatic rings. The van der Waals surface area contributed by atoms with E-state index >= 15 is 0 Å². The molecule has 0 aromatic carbocycles. The van der Waals surface area contributed by atoms with Crippen molar-refractivity contribution in [3.63, 3.8) is 0 Å². The standard InChI is InChI=1S/C18H36N4O9/c1-26-16(23)3-2-8-29-15(13-30-17(24)21-6-11-27-9-4-19)14-31-18(25)22-7-12-28-10-5-20/h15H,2-14,19-20H2,1H3,(H,21,24)(H,22,25). The van der Waals surface area contributed by atoms with Crippen LogP contribution in [0.3, 0.4) is 0 Å². The minimum atomic E-state index is -0.712. The molecule has 0 unspecified atom stereocenters. The smallest absolute Gasteiger partial charge is 0.407 e. The van der Waals surface area contributed by atoms with Crippen molar-refractivity contribution in [3.8, 4) is 0 Å². The monoisotopic (exact) mass is 452 g/mol. The molecule has 0 heterocycles. The first kappa shape index (κ1) is 28.8. The number of esters is 1. The van der Waals surface area contributed by atoms with Gasteiger partial charge in [0.15, 0.2) is 0 Å². The lowest BCUT2D eigenvalue weighted by Crippen LogP contribution is -2.36. The number of nitrogens with two attached hydrogens (primary N) is 2. The van der Waals surface area contributed by atoms with Gasteiger partial charge in [-0.15, -0.1) is 0 Å². The fourth-order valence-corrected chi connectivity index (χ4v) is 1.97. The van der Waals surface area contributed by atoms with E-state index in [1.807, 2.05) is 0 Å². The van der Waals surface area contributed by atoms with Crippen LogP contribution < -0.4 is 22.1 Å². The highest BCUT2D eigenvalue weighted by Crippen LogP contribution is 2.01. The first-order valence-corrected chi connectivity index (χ1v) is 10.1. The first-order valence-electron chi connectivity index (χ1n) is 10.1. The molecule has 0 bridgehead atoms. The zero-order valence-corrected chi connectivity index (χ0v) is 18.1. The second-order valence-electron chi connectivity index (χ2n) is 6.03. The molecule has 0 aromatic heterocycles. The second-order valence-corrected chi connectivity index (χ2v) is 6.03. The number of carbonyl (C=O) groups is 3. The summed E-state index contributed by atoms with van der Waals surface area (Å²) in [6, 6.07) is 0. The number of nitrogens with one attached hydrogen (secondary N) is 2. The molecule has 0 atom stereocenters. The summed E-state index contributed by atoms with van der Waals surface area (Å²) in [6.07, 6.45) is -1.46. The van der Waals surface area contributed by atoms with E-state index in [0.29, 0.717) is 45.9 Å². The summed E-state index contributed by atoms with van der Waals surface area (Å²) in [7, 11) is 1.30. The van der Waals surface area contributed by atoms with E-state index in [-0.39, 0.29) is 45.3 Å². The Morgan fingerprint density at radius 3 is 1.77 bits per heavy atom. The van der Waals surface area contributed by atoms with Crippen LogP contribution in [0.5, 0.6) is 0 Å². The Balaban J connectivity index is 4.23. The lowest BCUT2D eigenvalue weighted by Gasteiger charge is -2.18. The van der Waals surface area contributed by atoms with Gasteiger partial charge in [0, 0.05) is 39.2 Å². The molecular formula is C18H36N4O9. The number of methoxy groups -OCH3 is 1. The van der Waals surface area contributed by atoms with E-state index < -0.39 is 18.3 Å². The van der Waals surface area contributed by atoms with Gasteiger partial charge in [-0.05, 0) is 6.42 Å². The molecule has 13 nitrogen and oxygen atoms in total. The predicted molar refractivity (Wildman–Crippen MR) is 109 cm³/mol. The van der Waals surface area contributed by atoms with E-state index in [9.17, 15) is 14.4 Å². The van der Waals surface area contributed by atoms with Crippen molar-refractivity contribution in [1.82, 2.24) is 10.6 Å². The van der Waals surface area contributed by atoms with Gasteiger partial charge in [-0.2, -0.15) is 0 Å². The highest BCUT2D eigenvalue weighted by atomic mass is 16.6. The lowest BCUT2D eigenvalue weighted by atomic mass is 10.3. The van der Waals surface area contributed by atoms with E-state index in [1.165, 1.54) is 7.11 Å². The normalized spacial score (nSPS) is 10.6. The van der Waals surface area contributed by atoms with E-state index in [1.54, 1.807) is 0 Å². The Bertz CT molecular complexity index is 453. The maximum absolute atomic E-state index is 11.7. The fraction of sp³-hybridized carbons (Fsp3) is 0.833. The molecule has 0 radical (unpaired) electrons. The predicted octanol–water partition coefficient (Wildman–Crippen LogP) is -1.27. The maximum Gasteiger partial charge on any atom is 0.407 e. The topological polar surface area (TPSA) is 183 Å². The Hall–Kier alpha value is -2.19. The summed E-state index contributed by atoms with van der Waals surface area (Å²) in [4.78, 5) is 34.6. The molecule has 0 saturated heterocycles. The Kier molecular flexibility index (Phi) is 19.6. The molecule has 0 fully saturated rings. The van der Waals surface area contributed by atoms with Crippen LogP contribution in [0.25, 0.3) is 0 Å². The Labute approximate surface area is 182 Å². The van der Waals surface area contributed by atoms with Gasteiger partial charge < -0.3 is 50.5 Å². The molecule has 31 heavy (non-hydrogen) atoms. The SMILES string of the molecule is COC(=O)CCCOC(COC(=O)NCCOCCN)COC(=O)NCCOCCN. The zero-order chi connectivity index (χ0) is 23.2. The summed E-state index contributed by atoms with van der Waals surface area (Å²) < 4.78 is 30.5. The number of alkyl carbamates (subject to hydrolysis) is 2. The molecule has 0 saturated carbocycles. The quantitative estimate of drug-likeness (QED) is 0.104. The van der Waals surface area contributed by atoms with Gasteiger partial charge in [0.2, 0.25) is 0 Å². The van der Waals surface area contributed by atoms with Gasteiger partial charge in [-0.3, -0.25) is 4.79 Å². The van der Waals surface area contributed by atoms with Crippen molar-refractivity contribution in [2.75, 3.05) is 79.5 Å². The van der Waals surface area contributed by atoms with Crippen LogP contribution in [0, 0.1) is 0 Å². The second kappa shape index (κ2) is 21.1. The van der Waals surface area contributed by atoms with Crippen molar-refractivity contribution >= 4 is 18.2 Å². The summed E-state index contributed by atoms with van der Waals surface area (Å²) >= 11 is 0. The van der Waals surface area contributed by atoms with E-state index in [4.69, 9.17) is 35.2 Å². The van der Waals surface area contributed by atoms with Crippen molar-refractivity contribution in [2.24, 2.45) is 11.5 Å². The number of carbonyl (C=O) groups excluding carboxylic acids is 3.